The summed E-state index contributed by atoms with van der Waals surface area (Å²) in [5, 5.41) is 0. The van der Waals surface area contributed by atoms with Crippen LogP contribution in [0.5, 0.6) is 0 Å². The van der Waals surface area contributed by atoms with Crippen LogP contribution in [-0.4, -0.2) is 22.1 Å². The SMILES string of the molecule is CC(C)C12CC(OCc3c(F)cccc3F)C(C)(CC1Br)O2. The molecule has 1 aromatic rings. The van der Waals surface area contributed by atoms with Crippen LogP contribution in [0.1, 0.15) is 39.2 Å². The van der Waals surface area contributed by atoms with E-state index in [1.807, 2.05) is 6.92 Å². The molecule has 2 bridgehead atoms. The van der Waals surface area contributed by atoms with Gasteiger partial charge in [-0.05, 0) is 31.4 Å². The average Bonchev–Trinajstić information content (AvgIpc) is 2.86. The number of ether oxygens (including phenoxy) is 2. The molecule has 0 spiro atoms. The molecule has 4 unspecified atom stereocenters. The van der Waals surface area contributed by atoms with Crippen molar-refractivity contribution in [3.63, 3.8) is 0 Å². The van der Waals surface area contributed by atoms with Crippen molar-refractivity contribution in [3.8, 4) is 0 Å². The van der Waals surface area contributed by atoms with Crippen LogP contribution >= 0.6 is 15.9 Å². The molecule has 0 aliphatic carbocycles. The topological polar surface area (TPSA) is 18.5 Å². The lowest BCUT2D eigenvalue weighted by Gasteiger charge is -2.35. The van der Waals surface area contributed by atoms with Gasteiger partial charge in [0.1, 0.15) is 11.6 Å². The molecule has 3 rings (SSSR count). The Labute approximate surface area is 138 Å². The molecule has 122 valence electrons. The van der Waals surface area contributed by atoms with Gasteiger partial charge in [-0.1, -0.05) is 35.8 Å². The van der Waals surface area contributed by atoms with Crippen molar-refractivity contribution in [2.75, 3.05) is 0 Å². The maximum atomic E-state index is 13.7. The first-order valence-corrected chi connectivity index (χ1v) is 8.59. The van der Waals surface area contributed by atoms with Crippen molar-refractivity contribution < 1.29 is 18.3 Å². The molecule has 0 radical (unpaired) electrons. The molecule has 2 heterocycles. The molecule has 1 aromatic carbocycles. The van der Waals surface area contributed by atoms with E-state index < -0.39 is 17.2 Å². The van der Waals surface area contributed by atoms with Crippen molar-refractivity contribution in [2.24, 2.45) is 5.92 Å². The number of hydrogen-bond acceptors (Lipinski definition) is 2. The van der Waals surface area contributed by atoms with Crippen molar-refractivity contribution in [2.45, 2.75) is 62.4 Å². The lowest BCUT2D eigenvalue weighted by molar-refractivity contribution is -0.0960. The normalized spacial score (nSPS) is 37.2. The Morgan fingerprint density at radius 2 is 1.95 bits per heavy atom. The minimum Gasteiger partial charge on any atom is -0.370 e. The summed E-state index contributed by atoms with van der Waals surface area (Å²) in [4.78, 5) is 0.287. The molecule has 2 aliphatic heterocycles. The third kappa shape index (κ3) is 2.42. The molecule has 0 N–H and O–H groups in total. The number of fused-ring (bicyclic) bond motifs is 2. The zero-order chi connectivity index (χ0) is 16.1. The van der Waals surface area contributed by atoms with Gasteiger partial charge in [-0.25, -0.2) is 8.78 Å². The van der Waals surface area contributed by atoms with Crippen LogP contribution < -0.4 is 0 Å². The Kier molecular flexibility index (Phi) is 4.11. The zero-order valence-corrected chi connectivity index (χ0v) is 14.6. The van der Waals surface area contributed by atoms with E-state index in [0.717, 1.165) is 12.8 Å². The number of rotatable bonds is 4. The van der Waals surface area contributed by atoms with Gasteiger partial charge >= 0.3 is 0 Å². The highest BCUT2D eigenvalue weighted by molar-refractivity contribution is 9.09. The maximum Gasteiger partial charge on any atom is 0.131 e. The summed E-state index contributed by atoms with van der Waals surface area (Å²) in [7, 11) is 0. The molecule has 5 heteroatoms. The van der Waals surface area contributed by atoms with Gasteiger partial charge in [0.25, 0.3) is 0 Å². The minimum atomic E-state index is -0.564. The maximum absolute atomic E-state index is 13.7. The molecule has 0 aromatic heterocycles. The quantitative estimate of drug-likeness (QED) is 0.717. The first-order valence-electron chi connectivity index (χ1n) is 7.67. The van der Waals surface area contributed by atoms with Gasteiger partial charge in [0.2, 0.25) is 0 Å². The fourth-order valence-corrected chi connectivity index (χ4v) is 5.20. The lowest BCUT2D eigenvalue weighted by Crippen LogP contribution is -2.45. The van der Waals surface area contributed by atoms with Crippen LogP contribution in [0, 0.1) is 17.6 Å². The summed E-state index contributed by atoms with van der Waals surface area (Å²) in [6.45, 7) is 6.24. The van der Waals surface area contributed by atoms with Gasteiger partial charge in [0, 0.05) is 16.8 Å². The molecular weight excluding hydrogens is 354 g/mol. The van der Waals surface area contributed by atoms with Crippen molar-refractivity contribution in [3.05, 3.63) is 35.4 Å². The Balaban J connectivity index is 1.75. The monoisotopic (exact) mass is 374 g/mol. The van der Waals surface area contributed by atoms with E-state index >= 15 is 0 Å². The highest BCUT2D eigenvalue weighted by Gasteiger charge is 2.65. The molecule has 2 fully saturated rings. The largest absolute Gasteiger partial charge is 0.370 e. The van der Waals surface area contributed by atoms with Gasteiger partial charge < -0.3 is 9.47 Å². The third-order valence-electron chi connectivity index (χ3n) is 5.19. The summed E-state index contributed by atoms with van der Waals surface area (Å²) >= 11 is 3.73. The van der Waals surface area contributed by atoms with E-state index in [4.69, 9.17) is 9.47 Å². The summed E-state index contributed by atoms with van der Waals surface area (Å²) in [5.74, 6) is -0.783. The molecule has 22 heavy (non-hydrogen) atoms. The Morgan fingerprint density at radius 1 is 1.32 bits per heavy atom. The summed E-state index contributed by atoms with van der Waals surface area (Å²) in [6, 6.07) is 3.87. The smallest absolute Gasteiger partial charge is 0.131 e. The number of hydrogen-bond donors (Lipinski definition) is 0. The van der Waals surface area contributed by atoms with E-state index in [-0.39, 0.29) is 28.7 Å². The van der Waals surface area contributed by atoms with E-state index in [1.54, 1.807) is 0 Å². The number of halogens is 3. The summed E-state index contributed by atoms with van der Waals surface area (Å²) < 4.78 is 39.6. The molecule has 4 atom stereocenters. The second kappa shape index (κ2) is 5.53. The van der Waals surface area contributed by atoms with Crippen LogP contribution in [0.4, 0.5) is 8.78 Å². The Hall–Kier alpha value is -0.520. The van der Waals surface area contributed by atoms with Gasteiger partial charge in [-0.15, -0.1) is 0 Å². The van der Waals surface area contributed by atoms with Crippen LogP contribution in [0.3, 0.4) is 0 Å². The molecule has 2 saturated heterocycles. The van der Waals surface area contributed by atoms with Crippen LogP contribution in [0.25, 0.3) is 0 Å². The minimum absolute atomic E-state index is 0.0112. The molecular formula is C17H21BrF2O2. The van der Waals surface area contributed by atoms with Gasteiger partial charge in [0.15, 0.2) is 0 Å². The first kappa shape index (κ1) is 16.3. The number of alkyl halides is 1. The van der Waals surface area contributed by atoms with E-state index in [1.165, 1.54) is 18.2 Å². The molecule has 0 saturated carbocycles. The van der Waals surface area contributed by atoms with Crippen molar-refractivity contribution in [1.29, 1.82) is 0 Å². The standard InChI is InChI=1S/C17H21BrF2O2/c1-10(2)17-8-15(16(3,22-17)7-14(17)18)21-9-11-12(19)5-4-6-13(11)20/h4-6,10,14-15H,7-9H2,1-3H3. The van der Waals surface area contributed by atoms with E-state index in [0.29, 0.717) is 5.92 Å². The van der Waals surface area contributed by atoms with Gasteiger partial charge in [0.05, 0.1) is 23.9 Å². The predicted molar refractivity (Wildman–Crippen MR) is 83.9 cm³/mol. The van der Waals surface area contributed by atoms with Crippen LogP contribution in [0.2, 0.25) is 0 Å². The fraction of sp³-hybridized carbons (Fsp3) is 0.647. The van der Waals surface area contributed by atoms with Crippen molar-refractivity contribution >= 4 is 15.9 Å². The van der Waals surface area contributed by atoms with Crippen LogP contribution in [0.15, 0.2) is 18.2 Å². The van der Waals surface area contributed by atoms with Gasteiger partial charge in [-0.3, -0.25) is 0 Å². The van der Waals surface area contributed by atoms with Gasteiger partial charge in [-0.2, -0.15) is 0 Å². The van der Waals surface area contributed by atoms with E-state index in [9.17, 15) is 8.78 Å². The summed E-state index contributed by atoms with van der Waals surface area (Å²) in [5.41, 5.74) is -0.671. The fourth-order valence-electron chi connectivity index (χ4n) is 3.75. The lowest BCUT2D eigenvalue weighted by atomic mass is 9.75. The second-order valence-electron chi connectivity index (χ2n) is 6.90. The molecule has 2 nitrogen and oxygen atoms in total. The highest BCUT2D eigenvalue weighted by Crippen LogP contribution is 2.57. The Morgan fingerprint density at radius 3 is 2.50 bits per heavy atom. The first-order chi connectivity index (χ1) is 10.3. The zero-order valence-electron chi connectivity index (χ0n) is 13.0. The molecule has 2 aliphatic rings. The van der Waals surface area contributed by atoms with Crippen molar-refractivity contribution in [1.82, 2.24) is 0 Å². The Bertz CT molecular complexity index is 560. The predicted octanol–water partition coefficient (Wildman–Crippen LogP) is 4.59. The van der Waals surface area contributed by atoms with E-state index in [2.05, 4.69) is 29.8 Å². The second-order valence-corrected chi connectivity index (χ2v) is 8.01. The highest BCUT2D eigenvalue weighted by atomic mass is 79.9. The average molecular weight is 375 g/mol. The third-order valence-corrected chi connectivity index (χ3v) is 6.29. The number of benzene rings is 1. The molecule has 0 amide bonds. The van der Waals surface area contributed by atoms with Crippen LogP contribution in [-0.2, 0) is 16.1 Å². The summed E-state index contributed by atoms with van der Waals surface area (Å²) in [6.07, 6.45) is 1.44.